The zero-order valence-electron chi connectivity index (χ0n) is 13.3. The molecule has 1 aliphatic rings. The van der Waals surface area contributed by atoms with Crippen LogP contribution in [0.15, 0.2) is 24.3 Å². The van der Waals surface area contributed by atoms with Gasteiger partial charge in [-0.05, 0) is 50.7 Å². The largest absolute Gasteiger partial charge is 0.508 e. The zero-order valence-corrected chi connectivity index (χ0v) is 14.1. The average molecular weight is 339 g/mol. The maximum Gasteiger partial charge on any atom is 0.342 e. The van der Waals surface area contributed by atoms with E-state index in [9.17, 15) is 15.0 Å². The second-order valence-corrected chi connectivity index (χ2v) is 6.61. The first-order chi connectivity index (χ1) is 11.0. The van der Waals surface area contributed by atoms with Crippen molar-refractivity contribution in [2.75, 3.05) is 0 Å². The quantitative estimate of drug-likeness (QED) is 0.420. The Morgan fingerprint density at radius 2 is 2.00 bits per heavy atom. The van der Waals surface area contributed by atoms with E-state index in [-0.39, 0.29) is 28.5 Å². The number of aryl methyl sites for hydroxylation is 1. The number of cyclic esters (lactones) is 1. The molecular formula is C18H23ClO4. The van der Waals surface area contributed by atoms with Crippen molar-refractivity contribution < 1.29 is 19.7 Å². The molecule has 2 rings (SSSR count). The number of phenols is 2. The van der Waals surface area contributed by atoms with Crippen molar-refractivity contribution in [3.05, 3.63) is 35.4 Å². The number of allylic oxidation sites excluding steroid dienone is 1. The molecule has 1 aliphatic heterocycles. The van der Waals surface area contributed by atoms with Crippen molar-refractivity contribution in [3.63, 3.8) is 0 Å². The van der Waals surface area contributed by atoms with E-state index in [2.05, 4.69) is 6.08 Å². The molecule has 23 heavy (non-hydrogen) atoms. The average Bonchev–Trinajstić information content (AvgIpc) is 2.45. The van der Waals surface area contributed by atoms with Gasteiger partial charge in [-0.15, -0.1) is 11.6 Å². The van der Waals surface area contributed by atoms with E-state index < -0.39 is 5.97 Å². The minimum Gasteiger partial charge on any atom is -0.508 e. The van der Waals surface area contributed by atoms with Crippen molar-refractivity contribution >= 4 is 17.6 Å². The van der Waals surface area contributed by atoms with Crippen LogP contribution in [-0.2, 0) is 11.2 Å². The Balaban J connectivity index is 2.28. The highest BCUT2D eigenvalue weighted by molar-refractivity contribution is 6.20. The fourth-order valence-electron chi connectivity index (χ4n) is 2.73. The van der Waals surface area contributed by atoms with E-state index in [1.54, 1.807) is 0 Å². The first-order valence-corrected chi connectivity index (χ1v) is 8.46. The smallest absolute Gasteiger partial charge is 0.342 e. The van der Waals surface area contributed by atoms with E-state index in [0.29, 0.717) is 18.4 Å². The molecule has 0 aliphatic carbocycles. The molecule has 0 spiro atoms. The first kappa shape index (κ1) is 17.7. The summed E-state index contributed by atoms with van der Waals surface area (Å²) in [5.74, 6) is -0.867. The number of carbonyl (C=O) groups is 1. The van der Waals surface area contributed by atoms with Crippen LogP contribution in [0.25, 0.3) is 0 Å². The highest BCUT2D eigenvalue weighted by atomic mass is 35.5. The summed E-state index contributed by atoms with van der Waals surface area (Å²) in [6.45, 7) is 1.82. The van der Waals surface area contributed by atoms with Gasteiger partial charge in [-0.25, -0.2) is 4.79 Å². The van der Waals surface area contributed by atoms with Gasteiger partial charge in [0.05, 0.1) is 0 Å². The molecule has 0 saturated carbocycles. The number of benzene rings is 1. The Hall–Kier alpha value is -1.68. The monoisotopic (exact) mass is 338 g/mol. The molecule has 0 fully saturated rings. The van der Waals surface area contributed by atoms with Gasteiger partial charge in [-0.1, -0.05) is 12.2 Å². The number of hydrogen-bond donors (Lipinski definition) is 2. The van der Waals surface area contributed by atoms with Crippen molar-refractivity contribution in [2.45, 2.75) is 56.9 Å². The van der Waals surface area contributed by atoms with Crippen molar-refractivity contribution in [1.29, 1.82) is 0 Å². The summed E-state index contributed by atoms with van der Waals surface area (Å²) in [7, 11) is 0. The Labute approximate surface area is 141 Å². The summed E-state index contributed by atoms with van der Waals surface area (Å²) in [5, 5.41) is 19.8. The van der Waals surface area contributed by atoms with Crippen LogP contribution in [0, 0.1) is 0 Å². The molecule has 1 heterocycles. The number of carbonyl (C=O) groups excluding carboxylic acids is 1. The fourth-order valence-corrected chi connectivity index (χ4v) is 3.01. The zero-order chi connectivity index (χ0) is 16.8. The maximum absolute atomic E-state index is 12.4. The second-order valence-electron chi connectivity index (χ2n) is 5.99. The summed E-state index contributed by atoms with van der Waals surface area (Å²) in [6.07, 6.45) is 8.35. The van der Waals surface area contributed by atoms with Crippen molar-refractivity contribution in [1.82, 2.24) is 0 Å². The lowest BCUT2D eigenvalue weighted by atomic mass is 9.98. The van der Waals surface area contributed by atoms with Gasteiger partial charge in [-0.3, -0.25) is 0 Å². The third-order valence-corrected chi connectivity index (χ3v) is 4.38. The molecule has 0 amide bonds. The van der Waals surface area contributed by atoms with Gasteiger partial charge < -0.3 is 14.9 Å². The predicted octanol–water partition coefficient (Wildman–Crippen LogP) is 4.31. The maximum atomic E-state index is 12.4. The fraction of sp³-hybridized carbons (Fsp3) is 0.500. The Kier molecular flexibility index (Phi) is 6.34. The molecule has 1 unspecified atom stereocenters. The molecular weight excluding hydrogens is 316 g/mol. The van der Waals surface area contributed by atoms with Gasteiger partial charge >= 0.3 is 5.97 Å². The number of esters is 1. The number of aromatic hydroxyl groups is 2. The lowest BCUT2D eigenvalue weighted by molar-refractivity contribution is 0.0343. The lowest BCUT2D eigenvalue weighted by Crippen LogP contribution is -2.16. The van der Waals surface area contributed by atoms with Crippen LogP contribution >= 0.6 is 11.6 Å². The molecule has 0 aromatic heterocycles. The van der Waals surface area contributed by atoms with Crippen LogP contribution in [0.5, 0.6) is 11.5 Å². The minimum absolute atomic E-state index is 0.0615. The number of fused-ring (bicyclic) bond motifs is 1. The lowest BCUT2D eigenvalue weighted by Gasteiger charge is -2.16. The number of rotatable bonds is 0. The van der Waals surface area contributed by atoms with Crippen LogP contribution in [0.2, 0.25) is 0 Å². The number of halogens is 1. The third kappa shape index (κ3) is 5.17. The highest BCUT2D eigenvalue weighted by Crippen LogP contribution is 2.30. The number of hydrogen-bond acceptors (Lipinski definition) is 4. The molecule has 5 heteroatoms. The number of alkyl halides is 1. The Morgan fingerprint density at radius 1 is 1.22 bits per heavy atom. The van der Waals surface area contributed by atoms with Crippen LogP contribution in [0.1, 0.15) is 54.9 Å². The second kappa shape index (κ2) is 8.25. The SMILES string of the molecule is C[C@@H]1C/C=C/CCC(Cl)CCCc2cc(O)cc(O)c2C(=O)O1. The topological polar surface area (TPSA) is 66.8 Å². The Bertz CT molecular complexity index is 583. The first-order valence-electron chi connectivity index (χ1n) is 8.02. The van der Waals surface area contributed by atoms with Crippen LogP contribution in [0.4, 0.5) is 0 Å². The molecule has 4 nitrogen and oxygen atoms in total. The number of ether oxygens (including phenoxy) is 1. The van der Waals surface area contributed by atoms with E-state index >= 15 is 0 Å². The normalized spacial score (nSPS) is 25.0. The van der Waals surface area contributed by atoms with Gasteiger partial charge in [-0.2, -0.15) is 0 Å². The van der Waals surface area contributed by atoms with Gasteiger partial charge in [0.1, 0.15) is 23.2 Å². The standard InChI is InChI=1S/C18H23ClO4/c1-12-6-3-2-4-8-14(19)9-5-7-13-10-15(20)11-16(21)17(13)18(22)23-12/h2-3,10-12,14,20-21H,4-9H2,1H3/b3-2+/t12-,14?/m1/s1. The van der Waals surface area contributed by atoms with E-state index in [1.807, 2.05) is 13.0 Å². The predicted molar refractivity (Wildman–Crippen MR) is 90.2 cm³/mol. The van der Waals surface area contributed by atoms with E-state index in [4.69, 9.17) is 16.3 Å². The van der Waals surface area contributed by atoms with Gasteiger partial charge in [0.15, 0.2) is 0 Å². The van der Waals surface area contributed by atoms with Crippen molar-refractivity contribution in [3.8, 4) is 11.5 Å². The summed E-state index contributed by atoms with van der Waals surface area (Å²) in [6, 6.07) is 2.67. The molecule has 0 radical (unpaired) electrons. The molecule has 0 bridgehead atoms. The molecule has 0 saturated heterocycles. The summed E-state index contributed by atoms with van der Waals surface area (Å²) < 4.78 is 5.41. The van der Waals surface area contributed by atoms with Crippen LogP contribution in [-0.4, -0.2) is 27.7 Å². The Morgan fingerprint density at radius 3 is 2.78 bits per heavy atom. The molecule has 1 aromatic rings. The van der Waals surface area contributed by atoms with Crippen LogP contribution < -0.4 is 0 Å². The third-order valence-electron chi connectivity index (χ3n) is 3.94. The van der Waals surface area contributed by atoms with E-state index in [0.717, 1.165) is 31.7 Å². The van der Waals surface area contributed by atoms with Gasteiger partial charge in [0.25, 0.3) is 0 Å². The molecule has 2 N–H and O–H groups in total. The minimum atomic E-state index is -0.558. The summed E-state index contributed by atoms with van der Waals surface area (Å²) in [5.41, 5.74) is 0.734. The molecule has 2 atom stereocenters. The van der Waals surface area contributed by atoms with Crippen LogP contribution in [0.3, 0.4) is 0 Å². The van der Waals surface area contributed by atoms with E-state index in [1.165, 1.54) is 6.07 Å². The van der Waals surface area contributed by atoms with Crippen molar-refractivity contribution in [2.24, 2.45) is 0 Å². The van der Waals surface area contributed by atoms with Gasteiger partial charge in [0, 0.05) is 17.9 Å². The highest BCUT2D eigenvalue weighted by Gasteiger charge is 2.21. The summed E-state index contributed by atoms with van der Waals surface area (Å²) in [4.78, 5) is 12.4. The number of phenolic OH excluding ortho intramolecular Hbond substituents is 2. The van der Waals surface area contributed by atoms with Gasteiger partial charge in [0.2, 0.25) is 0 Å². The molecule has 126 valence electrons. The molecule has 1 aromatic carbocycles. The summed E-state index contributed by atoms with van der Waals surface area (Å²) >= 11 is 6.31.